The molecule has 6 atom stereocenters. The number of benzene rings is 3. The van der Waals surface area contributed by atoms with Crippen molar-refractivity contribution in [1.82, 2.24) is 0 Å². The largest absolute Gasteiger partial charge is 0.504 e. The van der Waals surface area contributed by atoms with Crippen molar-refractivity contribution in [2.75, 3.05) is 35.4 Å². The van der Waals surface area contributed by atoms with Crippen molar-refractivity contribution >= 4 is 75.3 Å². The zero-order valence-electron chi connectivity index (χ0n) is 29.9. The van der Waals surface area contributed by atoms with E-state index in [4.69, 9.17) is 27.9 Å². The fourth-order valence-corrected chi connectivity index (χ4v) is 9.57. The second-order valence-corrected chi connectivity index (χ2v) is 15.3. The lowest BCUT2D eigenvalue weighted by Gasteiger charge is -2.50. The van der Waals surface area contributed by atoms with Crippen LogP contribution < -0.4 is 19.4 Å². The molecule has 7 rings (SSSR count). The Hall–Kier alpha value is -5.89. The van der Waals surface area contributed by atoms with E-state index in [1.165, 1.54) is 32.3 Å². The summed E-state index contributed by atoms with van der Waals surface area (Å²) in [7, 11) is 2.60. The molecule has 58 heavy (non-hydrogen) atoms. The number of ether oxygens (including phenoxy) is 1. The molecule has 0 radical (unpaired) electrons. The predicted octanol–water partition coefficient (Wildman–Crippen LogP) is 6.14. The first-order chi connectivity index (χ1) is 27.1. The molecule has 2 saturated heterocycles. The standard InChI is InChI=1S/C36H26Cl2F5N5O10/c1-4-58-21-9-13(5-8-20(21)49)23-15-6-7-16-22(32(51)45(31(16)50)14-10-18(47(54)55)29(44(2)3)19(11-14)48(56)57)17(15)12-35(37)33(52)46(34(53)36(23,35)38)30-27(42)25(40)24(39)26(41)28(30)43/h5-6,8-11,16-17,22-23,49H,4,7,12H2,1-3H3. The Kier molecular flexibility index (Phi) is 9.46. The Balaban J connectivity index is 1.43. The van der Waals surface area contributed by atoms with Gasteiger partial charge in [0, 0.05) is 32.1 Å². The van der Waals surface area contributed by atoms with Crippen LogP contribution in [0.2, 0.25) is 0 Å². The number of anilines is 3. The van der Waals surface area contributed by atoms with Crippen molar-refractivity contribution in [2.45, 2.75) is 35.4 Å². The summed E-state index contributed by atoms with van der Waals surface area (Å²) in [5.41, 5.74) is -4.60. The van der Waals surface area contributed by atoms with Crippen LogP contribution in [0.4, 0.5) is 50.4 Å². The third kappa shape index (κ3) is 5.29. The number of fused-ring (bicyclic) bond motifs is 4. The SMILES string of the molecule is CCOc1cc(C2C3=CCC4C(=O)N(c5cc([N+](=O)[O-])c(N(C)C)c([N+](=O)[O-])c5)C(=O)C4C3CC3(Cl)C(=O)N(c4c(F)c(F)c(F)c(F)c4F)C(=O)C23Cl)ccc1O. The number of carbonyl (C=O) groups excluding carboxylic acids is 4. The van der Waals surface area contributed by atoms with E-state index in [-0.39, 0.29) is 34.8 Å². The highest BCUT2D eigenvalue weighted by molar-refractivity contribution is 6.58. The number of imide groups is 2. The van der Waals surface area contributed by atoms with Gasteiger partial charge in [0.1, 0.15) is 5.69 Å². The number of nitro benzene ring substituents is 2. The molecule has 2 aliphatic heterocycles. The molecule has 4 amide bonds. The van der Waals surface area contributed by atoms with Gasteiger partial charge >= 0.3 is 11.4 Å². The number of allylic oxidation sites excluding steroid dienone is 2. The lowest BCUT2D eigenvalue weighted by Crippen LogP contribution is -2.60. The molecule has 0 aromatic heterocycles. The number of alkyl halides is 2. The normalized spacial score (nSPS) is 26.3. The fraction of sp³-hybridized carbons (Fsp3) is 0.333. The molecular weight excluding hydrogens is 828 g/mol. The smallest absolute Gasteiger partial charge is 0.301 e. The van der Waals surface area contributed by atoms with Gasteiger partial charge in [-0.25, -0.2) is 31.8 Å². The Morgan fingerprint density at radius 2 is 1.43 bits per heavy atom. The summed E-state index contributed by atoms with van der Waals surface area (Å²) in [4.78, 5) is 75.5. The van der Waals surface area contributed by atoms with E-state index in [1.807, 2.05) is 0 Å². The summed E-state index contributed by atoms with van der Waals surface area (Å²) in [6.07, 6.45) is 0.245. The highest BCUT2D eigenvalue weighted by Gasteiger charge is 2.77. The van der Waals surface area contributed by atoms with Crippen LogP contribution in [0.15, 0.2) is 42.0 Å². The lowest BCUT2D eigenvalue weighted by molar-refractivity contribution is -0.392. The van der Waals surface area contributed by atoms with Crippen LogP contribution in [0.3, 0.4) is 0 Å². The average molecular weight is 855 g/mol. The van der Waals surface area contributed by atoms with Gasteiger partial charge in [-0.3, -0.25) is 39.4 Å². The summed E-state index contributed by atoms with van der Waals surface area (Å²) < 4.78 is 79.4. The van der Waals surface area contributed by atoms with Crippen molar-refractivity contribution in [3.05, 3.63) is 96.9 Å². The minimum atomic E-state index is -2.87. The fourth-order valence-electron chi connectivity index (χ4n) is 8.63. The maximum Gasteiger partial charge on any atom is 0.301 e. The predicted molar refractivity (Wildman–Crippen MR) is 192 cm³/mol. The lowest BCUT2D eigenvalue weighted by atomic mass is 9.56. The Bertz CT molecular complexity index is 2410. The first-order valence-corrected chi connectivity index (χ1v) is 17.9. The molecule has 0 bridgehead atoms. The average Bonchev–Trinajstić information content (AvgIpc) is 3.51. The topological polar surface area (TPSA) is 194 Å². The quantitative estimate of drug-likeness (QED) is 0.0400. The Labute approximate surface area is 332 Å². The maximum atomic E-state index is 15.3. The molecule has 2 aliphatic carbocycles. The molecule has 1 N–H and O–H groups in total. The van der Waals surface area contributed by atoms with Crippen LogP contribution in [0.25, 0.3) is 0 Å². The van der Waals surface area contributed by atoms with Crippen LogP contribution in [0.1, 0.15) is 31.2 Å². The van der Waals surface area contributed by atoms with Gasteiger partial charge in [-0.1, -0.05) is 17.7 Å². The number of hydrogen-bond acceptors (Lipinski definition) is 11. The summed E-state index contributed by atoms with van der Waals surface area (Å²) in [5, 5.41) is 34.7. The number of nitrogens with zero attached hydrogens (tertiary/aromatic N) is 5. The number of aromatic hydroxyl groups is 1. The number of rotatable bonds is 8. The first kappa shape index (κ1) is 40.3. The zero-order valence-corrected chi connectivity index (χ0v) is 31.4. The second-order valence-electron chi connectivity index (χ2n) is 14.1. The van der Waals surface area contributed by atoms with Crippen LogP contribution in [0.5, 0.6) is 11.5 Å². The van der Waals surface area contributed by atoms with Crippen LogP contribution in [0, 0.1) is 67.1 Å². The van der Waals surface area contributed by atoms with E-state index < -0.39 is 137 Å². The van der Waals surface area contributed by atoms with E-state index in [2.05, 4.69) is 0 Å². The molecule has 3 aromatic carbocycles. The maximum absolute atomic E-state index is 15.3. The number of nitro groups is 2. The molecule has 6 unspecified atom stereocenters. The van der Waals surface area contributed by atoms with Crippen molar-refractivity contribution in [1.29, 1.82) is 0 Å². The van der Waals surface area contributed by atoms with Crippen molar-refractivity contribution in [3.8, 4) is 11.5 Å². The molecule has 2 heterocycles. The number of phenols is 1. The molecular formula is C36H26Cl2F5N5O10. The van der Waals surface area contributed by atoms with Crippen LogP contribution >= 0.6 is 23.2 Å². The molecule has 304 valence electrons. The minimum absolute atomic E-state index is 0.00798. The Morgan fingerprint density at radius 3 is 1.97 bits per heavy atom. The summed E-state index contributed by atoms with van der Waals surface area (Å²) >= 11 is 14.3. The monoisotopic (exact) mass is 853 g/mol. The summed E-state index contributed by atoms with van der Waals surface area (Å²) in [6, 6.07) is 5.12. The van der Waals surface area contributed by atoms with Gasteiger partial charge in [-0.2, -0.15) is 0 Å². The molecule has 3 fully saturated rings. The van der Waals surface area contributed by atoms with E-state index >= 15 is 8.78 Å². The molecule has 0 spiro atoms. The van der Waals surface area contributed by atoms with E-state index in [0.717, 1.165) is 23.1 Å². The number of hydrogen-bond donors (Lipinski definition) is 1. The number of carbonyl (C=O) groups is 4. The number of phenolic OH excluding ortho intramolecular Hbond substituents is 1. The third-order valence-corrected chi connectivity index (χ3v) is 12.4. The molecule has 15 nitrogen and oxygen atoms in total. The van der Waals surface area contributed by atoms with Crippen molar-refractivity contribution < 1.29 is 60.8 Å². The first-order valence-electron chi connectivity index (χ1n) is 17.1. The summed E-state index contributed by atoms with van der Waals surface area (Å²) in [6.45, 7) is 1.55. The minimum Gasteiger partial charge on any atom is -0.504 e. The van der Waals surface area contributed by atoms with Crippen LogP contribution in [-0.2, 0) is 19.2 Å². The van der Waals surface area contributed by atoms with E-state index in [9.17, 15) is 57.7 Å². The van der Waals surface area contributed by atoms with Gasteiger partial charge < -0.3 is 14.7 Å². The van der Waals surface area contributed by atoms with Gasteiger partial charge in [0.15, 0.2) is 50.2 Å². The van der Waals surface area contributed by atoms with Gasteiger partial charge in [-0.05, 0) is 43.4 Å². The van der Waals surface area contributed by atoms with Crippen molar-refractivity contribution in [3.63, 3.8) is 0 Å². The third-order valence-electron chi connectivity index (χ3n) is 11.0. The number of amides is 4. The van der Waals surface area contributed by atoms with Gasteiger partial charge in [0.2, 0.25) is 17.6 Å². The highest BCUT2D eigenvalue weighted by Crippen LogP contribution is 2.66. The zero-order chi connectivity index (χ0) is 42.7. The van der Waals surface area contributed by atoms with Gasteiger partial charge in [0.05, 0.1) is 34.0 Å². The van der Waals surface area contributed by atoms with E-state index in [1.54, 1.807) is 6.92 Å². The molecule has 22 heteroatoms. The molecule has 4 aliphatic rings. The number of halogens is 7. The second kappa shape index (κ2) is 13.6. The molecule has 1 saturated carbocycles. The molecule has 3 aromatic rings. The summed E-state index contributed by atoms with van der Waals surface area (Å²) in [5.74, 6) is -24.7. The van der Waals surface area contributed by atoms with E-state index in [0.29, 0.717) is 4.90 Å². The van der Waals surface area contributed by atoms with Crippen molar-refractivity contribution in [2.24, 2.45) is 17.8 Å². The highest BCUT2D eigenvalue weighted by atomic mass is 35.5. The van der Waals surface area contributed by atoms with Gasteiger partial charge in [-0.15, -0.1) is 23.2 Å². The van der Waals surface area contributed by atoms with Crippen LogP contribution in [-0.4, -0.2) is 69.0 Å². The van der Waals surface area contributed by atoms with Gasteiger partial charge in [0.25, 0.3) is 11.8 Å². The Morgan fingerprint density at radius 1 is 0.862 bits per heavy atom.